The molecule has 0 amide bonds. The van der Waals surface area contributed by atoms with Crippen LogP contribution in [0, 0.1) is 5.41 Å². The lowest BCUT2D eigenvalue weighted by Gasteiger charge is -2.14. The van der Waals surface area contributed by atoms with Crippen LogP contribution in [0.2, 0.25) is 0 Å². The molecule has 5 rings (SSSR count). The minimum Gasteiger partial charge on any atom is -0.403 e. The molecule has 1 aliphatic heterocycles. The molecule has 0 spiro atoms. The first-order valence-electron chi connectivity index (χ1n) is 14.0. The second-order valence-electron chi connectivity index (χ2n) is 10.0. The van der Waals surface area contributed by atoms with E-state index in [4.69, 9.17) is 11.1 Å². The van der Waals surface area contributed by atoms with Gasteiger partial charge in [-0.25, -0.2) is 14.4 Å². The molecule has 0 bridgehead atoms. The Hall–Kier alpha value is -5.18. The van der Waals surface area contributed by atoms with Gasteiger partial charge in [-0.1, -0.05) is 24.3 Å². The van der Waals surface area contributed by atoms with Crippen LogP contribution in [-0.2, 0) is 13.0 Å². The molecule has 6 N–H and O–H groups in total. The Balaban J connectivity index is 1.23. The second-order valence-corrected chi connectivity index (χ2v) is 10.0. The Morgan fingerprint density at radius 1 is 1.12 bits per heavy atom. The van der Waals surface area contributed by atoms with E-state index in [1.807, 2.05) is 36.4 Å². The fraction of sp³-hybridized carbons (Fsp3) is 0.182. The van der Waals surface area contributed by atoms with Crippen LogP contribution in [0.3, 0.4) is 0 Å². The fourth-order valence-corrected chi connectivity index (χ4v) is 4.82. The van der Waals surface area contributed by atoms with Crippen LogP contribution >= 0.6 is 0 Å². The van der Waals surface area contributed by atoms with Gasteiger partial charge in [0, 0.05) is 80.4 Å². The summed E-state index contributed by atoms with van der Waals surface area (Å²) in [4.78, 5) is 9.10. The van der Waals surface area contributed by atoms with Gasteiger partial charge >= 0.3 is 0 Å². The number of aromatic nitrogens is 1. The van der Waals surface area contributed by atoms with Crippen molar-refractivity contribution in [2.75, 3.05) is 23.7 Å². The molecular formula is C33H35FN8. The summed E-state index contributed by atoms with van der Waals surface area (Å²) in [7, 11) is 0. The highest BCUT2D eigenvalue weighted by Gasteiger charge is 2.13. The maximum Gasteiger partial charge on any atom is 0.118 e. The van der Waals surface area contributed by atoms with E-state index in [9.17, 15) is 4.39 Å². The molecule has 0 saturated heterocycles. The van der Waals surface area contributed by atoms with E-state index in [1.54, 1.807) is 18.6 Å². The molecule has 0 saturated carbocycles. The van der Waals surface area contributed by atoms with Crippen LogP contribution in [0.1, 0.15) is 24.0 Å². The predicted octanol–water partition coefficient (Wildman–Crippen LogP) is 6.44. The third kappa shape index (κ3) is 7.51. The van der Waals surface area contributed by atoms with Gasteiger partial charge in [0.05, 0.1) is 5.69 Å². The van der Waals surface area contributed by atoms with E-state index in [1.165, 1.54) is 18.5 Å². The number of benzene rings is 2. The Kier molecular flexibility index (Phi) is 9.41. The summed E-state index contributed by atoms with van der Waals surface area (Å²) in [5.41, 5.74) is 13.0. The third-order valence-corrected chi connectivity index (χ3v) is 7.01. The van der Waals surface area contributed by atoms with Crippen LogP contribution in [0.15, 0.2) is 113 Å². The minimum atomic E-state index is -0.155. The smallest absolute Gasteiger partial charge is 0.118 e. The Bertz CT molecular complexity index is 1610. The van der Waals surface area contributed by atoms with Crippen LogP contribution in [0.25, 0.3) is 11.1 Å². The van der Waals surface area contributed by atoms with E-state index < -0.39 is 0 Å². The maximum absolute atomic E-state index is 13.5. The topological polar surface area (TPSA) is 116 Å². The first-order valence-corrected chi connectivity index (χ1v) is 14.0. The molecule has 0 radical (unpaired) electrons. The van der Waals surface area contributed by atoms with Crippen LogP contribution < -0.4 is 21.7 Å². The molecule has 1 aromatic heterocycles. The molecule has 2 aliphatic rings. The number of rotatable bonds is 11. The maximum atomic E-state index is 13.5. The monoisotopic (exact) mass is 562 g/mol. The number of fused-ring (bicyclic) bond motifs is 1. The number of nitrogens with one attached hydrogen (secondary N) is 4. The summed E-state index contributed by atoms with van der Waals surface area (Å²) in [5, 5.41) is 17.9. The van der Waals surface area contributed by atoms with Gasteiger partial charge in [-0.15, -0.1) is 0 Å². The largest absolute Gasteiger partial charge is 0.403 e. The lowest BCUT2D eigenvalue weighted by atomic mass is 10.0. The zero-order chi connectivity index (χ0) is 29.1. The number of anilines is 2. The van der Waals surface area contributed by atoms with Gasteiger partial charge in [-0.2, -0.15) is 0 Å². The zero-order valence-corrected chi connectivity index (χ0v) is 23.4. The first kappa shape index (κ1) is 28.4. The highest BCUT2D eigenvalue weighted by Crippen LogP contribution is 2.29. The van der Waals surface area contributed by atoms with Crippen molar-refractivity contribution in [3.8, 4) is 11.1 Å². The fourth-order valence-electron chi connectivity index (χ4n) is 4.82. The highest BCUT2D eigenvalue weighted by atomic mass is 19.1. The number of allylic oxidation sites excluding steroid dienone is 4. The molecule has 9 heteroatoms. The van der Waals surface area contributed by atoms with Crippen molar-refractivity contribution in [3.63, 3.8) is 0 Å². The molecule has 214 valence electrons. The number of nitrogens with zero attached hydrogens (tertiary/aromatic N) is 3. The van der Waals surface area contributed by atoms with Crippen LogP contribution in [-0.4, -0.2) is 36.0 Å². The lowest BCUT2D eigenvalue weighted by Crippen LogP contribution is -2.15. The molecule has 0 atom stereocenters. The van der Waals surface area contributed by atoms with Crippen molar-refractivity contribution in [1.29, 1.82) is 5.41 Å². The number of amidine groups is 1. The van der Waals surface area contributed by atoms with Gasteiger partial charge in [0.25, 0.3) is 0 Å². The summed E-state index contributed by atoms with van der Waals surface area (Å²) in [6.07, 6.45) is 19.3. The van der Waals surface area contributed by atoms with E-state index >= 15 is 0 Å². The average molecular weight is 563 g/mol. The molecule has 2 heterocycles. The van der Waals surface area contributed by atoms with Gasteiger partial charge in [0.1, 0.15) is 18.0 Å². The van der Waals surface area contributed by atoms with Crippen molar-refractivity contribution >= 4 is 35.5 Å². The summed E-state index contributed by atoms with van der Waals surface area (Å²) in [6, 6.07) is 14.3. The number of nitrogens with two attached hydrogens (primary N) is 1. The van der Waals surface area contributed by atoms with Crippen LogP contribution in [0.5, 0.6) is 0 Å². The Morgan fingerprint density at radius 3 is 2.93 bits per heavy atom. The zero-order valence-electron chi connectivity index (χ0n) is 23.4. The number of halogens is 1. The molecular weight excluding hydrogens is 527 g/mol. The number of hydrogen-bond donors (Lipinski definition) is 5. The SMILES string of the molecule is N=Cc1cc(NC2=NC=Nc3ccc(-c4ccn(CCCN/C=C\N)c4)cc3C2)ccc1NCC1=CCC(F)=CC=C1. The van der Waals surface area contributed by atoms with Crippen molar-refractivity contribution in [2.24, 2.45) is 15.7 Å². The van der Waals surface area contributed by atoms with Crippen molar-refractivity contribution < 1.29 is 4.39 Å². The van der Waals surface area contributed by atoms with E-state index in [0.29, 0.717) is 19.4 Å². The summed E-state index contributed by atoms with van der Waals surface area (Å²) < 4.78 is 15.7. The number of aliphatic imine (C=N–C) groups is 2. The number of aryl methyl sites for hydroxylation is 1. The standard InChI is InChI=1S/C33H35FN8/c34-29-4-1-3-24(5-7-29)21-38-32-10-8-30(18-28(32)20-36)41-33-19-27-17-25(6-9-31(27)39-23-40-33)26-11-16-42(22-26)15-2-13-37-14-12-35/h1,3-6,8-12,14,16-18,20,22-23,36-38H,2,7,13,15,19,21,35H2,(H,39,40,41)/b14-12-,36-20?. The normalized spacial score (nSPS) is 14.4. The lowest BCUT2D eigenvalue weighted by molar-refractivity contribution is 0.618. The summed E-state index contributed by atoms with van der Waals surface area (Å²) >= 11 is 0. The molecule has 0 fully saturated rings. The van der Waals surface area contributed by atoms with Gasteiger partial charge in [0.2, 0.25) is 0 Å². The Labute approximate surface area is 245 Å². The van der Waals surface area contributed by atoms with E-state index in [-0.39, 0.29) is 5.83 Å². The van der Waals surface area contributed by atoms with Crippen molar-refractivity contribution in [2.45, 2.75) is 25.8 Å². The van der Waals surface area contributed by atoms with Gasteiger partial charge in [-0.3, -0.25) is 0 Å². The molecule has 0 unspecified atom stereocenters. The van der Waals surface area contributed by atoms with Gasteiger partial charge in [-0.05, 0) is 71.2 Å². The molecule has 42 heavy (non-hydrogen) atoms. The molecule has 2 aromatic carbocycles. The number of hydrogen-bond acceptors (Lipinski definition) is 7. The van der Waals surface area contributed by atoms with E-state index in [2.05, 4.69) is 61.1 Å². The molecule has 8 nitrogen and oxygen atoms in total. The predicted molar refractivity (Wildman–Crippen MR) is 173 cm³/mol. The van der Waals surface area contributed by atoms with Crippen molar-refractivity contribution in [3.05, 3.63) is 114 Å². The van der Waals surface area contributed by atoms with Gasteiger partial charge < -0.3 is 31.7 Å². The summed E-state index contributed by atoms with van der Waals surface area (Å²) in [5.74, 6) is 0.615. The molecule has 3 aromatic rings. The Morgan fingerprint density at radius 2 is 2.05 bits per heavy atom. The van der Waals surface area contributed by atoms with Crippen molar-refractivity contribution in [1.82, 2.24) is 9.88 Å². The van der Waals surface area contributed by atoms with E-state index in [0.717, 1.165) is 70.2 Å². The second kappa shape index (κ2) is 13.9. The minimum absolute atomic E-state index is 0.155. The van der Waals surface area contributed by atoms with Crippen LogP contribution in [0.4, 0.5) is 21.5 Å². The quantitative estimate of drug-likeness (QED) is 0.137. The first-order chi connectivity index (χ1) is 20.6. The summed E-state index contributed by atoms with van der Waals surface area (Å²) in [6.45, 7) is 2.32. The molecule has 1 aliphatic carbocycles. The highest BCUT2D eigenvalue weighted by molar-refractivity contribution is 6.03. The van der Waals surface area contributed by atoms with Gasteiger partial charge in [0.15, 0.2) is 0 Å². The average Bonchev–Trinajstić information content (AvgIpc) is 3.25. The third-order valence-electron chi connectivity index (χ3n) is 7.01.